The second kappa shape index (κ2) is 5.41. The molecular weight excluding hydrogens is 212 g/mol. The van der Waals surface area contributed by atoms with Crippen LogP contribution in [0, 0.1) is 5.41 Å². The average molecular weight is 232 g/mol. The summed E-state index contributed by atoms with van der Waals surface area (Å²) in [5.41, 5.74) is 0.963. The third-order valence-electron chi connectivity index (χ3n) is 3.68. The van der Waals surface area contributed by atoms with Crippen LogP contribution in [0.2, 0.25) is 0 Å². The average Bonchev–Trinajstić information content (AvgIpc) is 2.81. The number of Topliss-reactive ketones (excluding diaryl/α,β-unsaturated/α-hetero) is 1. The molecule has 1 saturated heterocycles. The minimum atomic E-state index is -0.113. The highest BCUT2D eigenvalue weighted by Crippen LogP contribution is 2.33. The highest BCUT2D eigenvalue weighted by atomic mass is 16.1. The molecule has 1 unspecified atom stereocenters. The Morgan fingerprint density at radius 3 is 2.82 bits per heavy atom. The molecule has 0 aromatic carbocycles. The predicted molar refractivity (Wildman–Crippen MR) is 67.8 cm³/mol. The van der Waals surface area contributed by atoms with Gasteiger partial charge in [0.15, 0.2) is 0 Å². The molecule has 0 saturated carbocycles. The lowest BCUT2D eigenvalue weighted by Gasteiger charge is -2.26. The molecule has 17 heavy (non-hydrogen) atoms. The Hall–Kier alpha value is -1.22. The van der Waals surface area contributed by atoms with Crippen LogP contribution in [0.4, 0.5) is 0 Å². The van der Waals surface area contributed by atoms with Crippen molar-refractivity contribution in [3.63, 3.8) is 0 Å². The van der Waals surface area contributed by atoms with E-state index in [2.05, 4.69) is 17.2 Å². The quantitative estimate of drug-likeness (QED) is 0.844. The van der Waals surface area contributed by atoms with E-state index in [1.165, 1.54) is 0 Å². The monoisotopic (exact) mass is 232 g/mol. The Morgan fingerprint density at radius 2 is 2.24 bits per heavy atom. The highest BCUT2D eigenvalue weighted by Gasteiger charge is 2.39. The maximum atomic E-state index is 12.5. The van der Waals surface area contributed by atoms with Crippen molar-refractivity contribution in [3.8, 4) is 0 Å². The fourth-order valence-electron chi connectivity index (χ4n) is 2.69. The molecule has 1 aromatic heterocycles. The van der Waals surface area contributed by atoms with Gasteiger partial charge in [-0.05, 0) is 37.1 Å². The molecule has 1 atom stereocenters. The standard InChI is InChI=1S/C14H20N2O/c1-2-5-14(6-9-16-11-14)13(17)10-12-3-7-15-8-4-12/h3-4,7-8,16H,2,5-6,9-11H2,1H3. The Morgan fingerprint density at radius 1 is 1.47 bits per heavy atom. The van der Waals surface area contributed by atoms with E-state index in [1.807, 2.05) is 12.1 Å². The number of nitrogens with one attached hydrogen (secondary N) is 1. The summed E-state index contributed by atoms with van der Waals surface area (Å²) in [6.45, 7) is 3.98. The second-order valence-corrected chi connectivity index (χ2v) is 4.91. The van der Waals surface area contributed by atoms with Gasteiger partial charge in [0.1, 0.15) is 5.78 Å². The number of hydrogen-bond donors (Lipinski definition) is 1. The van der Waals surface area contributed by atoms with E-state index < -0.39 is 0 Å². The molecule has 1 aliphatic rings. The maximum Gasteiger partial charge on any atom is 0.144 e. The molecule has 0 aliphatic carbocycles. The summed E-state index contributed by atoms with van der Waals surface area (Å²) in [4.78, 5) is 16.4. The molecule has 3 heteroatoms. The summed E-state index contributed by atoms with van der Waals surface area (Å²) in [7, 11) is 0. The summed E-state index contributed by atoms with van der Waals surface area (Å²) < 4.78 is 0. The Kier molecular flexibility index (Phi) is 3.89. The first kappa shape index (κ1) is 12.2. The van der Waals surface area contributed by atoms with Crippen molar-refractivity contribution in [1.82, 2.24) is 10.3 Å². The van der Waals surface area contributed by atoms with Gasteiger partial charge in [0.2, 0.25) is 0 Å². The van der Waals surface area contributed by atoms with E-state index in [1.54, 1.807) is 12.4 Å². The summed E-state index contributed by atoms with van der Waals surface area (Å²) in [6, 6.07) is 3.86. The molecule has 1 aromatic rings. The second-order valence-electron chi connectivity index (χ2n) is 4.91. The molecule has 2 rings (SSSR count). The predicted octanol–water partition coefficient (Wildman–Crippen LogP) is 1.97. The molecule has 92 valence electrons. The largest absolute Gasteiger partial charge is 0.316 e. The lowest BCUT2D eigenvalue weighted by molar-refractivity contribution is -0.127. The van der Waals surface area contributed by atoms with Gasteiger partial charge in [-0.2, -0.15) is 0 Å². The lowest BCUT2D eigenvalue weighted by atomic mass is 9.76. The summed E-state index contributed by atoms with van der Waals surface area (Å²) in [6.07, 6.45) is 7.12. The first-order valence-electron chi connectivity index (χ1n) is 6.40. The van der Waals surface area contributed by atoms with Crippen molar-refractivity contribution in [3.05, 3.63) is 30.1 Å². The summed E-state index contributed by atoms with van der Waals surface area (Å²) in [5.74, 6) is 0.385. The van der Waals surface area contributed by atoms with Gasteiger partial charge in [0.05, 0.1) is 0 Å². The van der Waals surface area contributed by atoms with Crippen LogP contribution in [0.5, 0.6) is 0 Å². The Labute approximate surface area is 103 Å². The zero-order chi connectivity index (χ0) is 12.1. The molecule has 0 radical (unpaired) electrons. The van der Waals surface area contributed by atoms with Crippen molar-refractivity contribution in [2.24, 2.45) is 5.41 Å². The third-order valence-corrected chi connectivity index (χ3v) is 3.68. The lowest BCUT2D eigenvalue weighted by Crippen LogP contribution is -2.34. The molecule has 0 amide bonds. The number of carbonyl (C=O) groups is 1. The van der Waals surface area contributed by atoms with E-state index in [-0.39, 0.29) is 5.41 Å². The smallest absolute Gasteiger partial charge is 0.144 e. The fraction of sp³-hybridized carbons (Fsp3) is 0.571. The Bertz CT molecular complexity index is 369. The zero-order valence-electron chi connectivity index (χ0n) is 10.4. The van der Waals surface area contributed by atoms with Crippen LogP contribution >= 0.6 is 0 Å². The minimum Gasteiger partial charge on any atom is -0.316 e. The van der Waals surface area contributed by atoms with E-state index in [0.29, 0.717) is 12.2 Å². The molecule has 0 spiro atoms. The summed E-state index contributed by atoms with van der Waals surface area (Å²) >= 11 is 0. The van der Waals surface area contributed by atoms with Crippen LogP contribution < -0.4 is 5.32 Å². The summed E-state index contributed by atoms with van der Waals surface area (Å²) in [5, 5.41) is 3.33. The van der Waals surface area contributed by atoms with E-state index in [4.69, 9.17) is 0 Å². The normalized spacial score (nSPS) is 23.8. The van der Waals surface area contributed by atoms with Gasteiger partial charge in [-0.1, -0.05) is 13.3 Å². The van der Waals surface area contributed by atoms with Crippen LogP contribution in [0.15, 0.2) is 24.5 Å². The third kappa shape index (κ3) is 2.72. The molecular formula is C14H20N2O. The number of nitrogens with zero attached hydrogens (tertiary/aromatic N) is 1. The van der Waals surface area contributed by atoms with Gasteiger partial charge >= 0.3 is 0 Å². The number of rotatable bonds is 5. The first-order chi connectivity index (χ1) is 8.27. The van der Waals surface area contributed by atoms with Gasteiger partial charge in [0, 0.05) is 30.8 Å². The number of pyridine rings is 1. The van der Waals surface area contributed by atoms with Gasteiger partial charge in [-0.25, -0.2) is 0 Å². The number of hydrogen-bond acceptors (Lipinski definition) is 3. The zero-order valence-corrected chi connectivity index (χ0v) is 10.4. The van der Waals surface area contributed by atoms with Crippen molar-refractivity contribution in [2.45, 2.75) is 32.6 Å². The number of ketones is 1. The van der Waals surface area contributed by atoms with Crippen molar-refractivity contribution in [1.29, 1.82) is 0 Å². The first-order valence-corrected chi connectivity index (χ1v) is 6.40. The fourth-order valence-corrected chi connectivity index (χ4v) is 2.69. The van der Waals surface area contributed by atoms with Gasteiger partial charge in [-0.15, -0.1) is 0 Å². The maximum absolute atomic E-state index is 12.5. The van der Waals surface area contributed by atoms with Crippen molar-refractivity contribution < 1.29 is 4.79 Å². The topological polar surface area (TPSA) is 42.0 Å². The number of carbonyl (C=O) groups excluding carboxylic acids is 1. The molecule has 1 aliphatic heterocycles. The Balaban J connectivity index is 2.07. The number of aromatic nitrogens is 1. The van der Waals surface area contributed by atoms with Gasteiger partial charge in [-0.3, -0.25) is 9.78 Å². The van der Waals surface area contributed by atoms with E-state index in [9.17, 15) is 4.79 Å². The van der Waals surface area contributed by atoms with E-state index in [0.717, 1.165) is 37.9 Å². The van der Waals surface area contributed by atoms with Gasteiger partial charge < -0.3 is 5.32 Å². The van der Waals surface area contributed by atoms with Crippen LogP contribution in [-0.2, 0) is 11.2 Å². The van der Waals surface area contributed by atoms with Gasteiger partial charge in [0.25, 0.3) is 0 Å². The molecule has 2 heterocycles. The molecule has 1 fully saturated rings. The molecule has 3 nitrogen and oxygen atoms in total. The van der Waals surface area contributed by atoms with Crippen LogP contribution in [0.3, 0.4) is 0 Å². The van der Waals surface area contributed by atoms with Crippen LogP contribution in [-0.4, -0.2) is 23.9 Å². The molecule has 0 bridgehead atoms. The van der Waals surface area contributed by atoms with Crippen molar-refractivity contribution in [2.75, 3.05) is 13.1 Å². The SMILES string of the molecule is CCCC1(C(=O)Cc2ccncc2)CCNC1. The van der Waals surface area contributed by atoms with Crippen LogP contribution in [0.1, 0.15) is 31.7 Å². The highest BCUT2D eigenvalue weighted by molar-refractivity contribution is 5.87. The minimum absolute atomic E-state index is 0.113. The van der Waals surface area contributed by atoms with Crippen molar-refractivity contribution >= 4 is 5.78 Å². The van der Waals surface area contributed by atoms with Crippen LogP contribution in [0.25, 0.3) is 0 Å². The molecule has 1 N–H and O–H groups in total. The van der Waals surface area contributed by atoms with E-state index >= 15 is 0 Å².